The zero-order valence-electron chi connectivity index (χ0n) is 11.4. The lowest BCUT2D eigenvalue weighted by atomic mass is 9.99. The van der Waals surface area contributed by atoms with E-state index in [1.165, 1.54) is 0 Å². The Morgan fingerprint density at radius 3 is 2.29 bits per heavy atom. The van der Waals surface area contributed by atoms with Crippen molar-refractivity contribution in [2.45, 2.75) is 44.1 Å². The summed E-state index contributed by atoms with van der Waals surface area (Å²) in [6.07, 6.45) is -7.13. The Kier molecular flexibility index (Phi) is 4.79. The van der Waals surface area contributed by atoms with Gasteiger partial charge in [0.25, 0.3) is 0 Å². The number of rotatable bonds is 4. The standard InChI is InChI=1S/C14H18O7/c1-2-7-3-5-8(6-4-7)20-14-11(17)9(15)10(16)12(21-14)13(18)19/h3-6,9-12,14-17H,2H2,1H3,(H,18,19)/t9-,10-,11+,12-,14+/m0/s1. The van der Waals surface area contributed by atoms with E-state index in [2.05, 4.69) is 0 Å². The van der Waals surface area contributed by atoms with Gasteiger partial charge in [-0.3, -0.25) is 0 Å². The average molecular weight is 298 g/mol. The van der Waals surface area contributed by atoms with E-state index in [-0.39, 0.29) is 0 Å². The summed E-state index contributed by atoms with van der Waals surface area (Å²) < 4.78 is 10.4. The molecule has 0 saturated carbocycles. The zero-order chi connectivity index (χ0) is 15.6. The third-order valence-corrected chi connectivity index (χ3v) is 3.40. The molecule has 1 aromatic carbocycles. The van der Waals surface area contributed by atoms with Crippen molar-refractivity contribution >= 4 is 5.97 Å². The lowest BCUT2D eigenvalue weighted by Crippen LogP contribution is -2.61. The van der Waals surface area contributed by atoms with Crippen LogP contribution in [0.2, 0.25) is 0 Å². The van der Waals surface area contributed by atoms with Crippen LogP contribution in [0.5, 0.6) is 5.75 Å². The predicted molar refractivity (Wildman–Crippen MR) is 70.8 cm³/mol. The second-order valence-electron chi connectivity index (χ2n) is 4.85. The van der Waals surface area contributed by atoms with Crippen LogP contribution in [-0.2, 0) is 16.0 Å². The molecule has 2 rings (SSSR count). The van der Waals surface area contributed by atoms with Gasteiger partial charge in [-0.05, 0) is 24.1 Å². The second kappa shape index (κ2) is 6.40. The Bertz CT molecular complexity index is 487. The van der Waals surface area contributed by atoms with Crippen molar-refractivity contribution < 1.29 is 34.7 Å². The number of aliphatic hydroxyl groups is 3. The number of hydrogen-bond acceptors (Lipinski definition) is 6. The minimum atomic E-state index is -1.72. The van der Waals surface area contributed by atoms with E-state index >= 15 is 0 Å². The first-order valence-electron chi connectivity index (χ1n) is 6.62. The molecule has 7 heteroatoms. The topological polar surface area (TPSA) is 116 Å². The summed E-state index contributed by atoms with van der Waals surface area (Å²) in [5.74, 6) is -1.08. The van der Waals surface area contributed by atoms with E-state index in [1.807, 2.05) is 19.1 Å². The van der Waals surface area contributed by atoms with Crippen molar-refractivity contribution in [2.24, 2.45) is 0 Å². The maximum Gasteiger partial charge on any atom is 0.335 e. The number of aliphatic hydroxyl groups excluding tert-OH is 3. The highest BCUT2D eigenvalue weighted by molar-refractivity contribution is 5.73. The minimum Gasteiger partial charge on any atom is -0.479 e. The number of carboxylic acid groups (broad SMARTS) is 1. The lowest BCUT2D eigenvalue weighted by Gasteiger charge is -2.38. The van der Waals surface area contributed by atoms with Gasteiger partial charge in [0.1, 0.15) is 24.1 Å². The van der Waals surface area contributed by atoms with Crippen molar-refractivity contribution in [3.05, 3.63) is 29.8 Å². The Morgan fingerprint density at radius 2 is 1.76 bits per heavy atom. The number of benzene rings is 1. The highest BCUT2D eigenvalue weighted by Gasteiger charge is 2.48. The predicted octanol–water partition coefficient (Wildman–Crippen LogP) is -0.480. The van der Waals surface area contributed by atoms with Crippen LogP contribution < -0.4 is 4.74 Å². The molecule has 0 aliphatic carbocycles. The van der Waals surface area contributed by atoms with Gasteiger partial charge in [0.15, 0.2) is 6.10 Å². The molecule has 0 aromatic heterocycles. The summed E-state index contributed by atoms with van der Waals surface area (Å²) in [6, 6.07) is 6.96. The first-order chi connectivity index (χ1) is 9.93. The van der Waals surface area contributed by atoms with Crippen LogP contribution in [0.3, 0.4) is 0 Å². The van der Waals surface area contributed by atoms with Crippen LogP contribution in [0, 0.1) is 0 Å². The van der Waals surface area contributed by atoms with Crippen LogP contribution in [0.25, 0.3) is 0 Å². The van der Waals surface area contributed by atoms with Gasteiger partial charge in [0.2, 0.25) is 6.29 Å². The van der Waals surface area contributed by atoms with Crippen molar-refractivity contribution in [3.8, 4) is 5.75 Å². The van der Waals surface area contributed by atoms with Gasteiger partial charge >= 0.3 is 5.97 Å². The molecule has 21 heavy (non-hydrogen) atoms. The maximum absolute atomic E-state index is 11.0. The molecular weight excluding hydrogens is 280 g/mol. The van der Waals surface area contributed by atoms with E-state index in [4.69, 9.17) is 14.6 Å². The summed E-state index contributed by atoms with van der Waals surface area (Å²) in [5.41, 5.74) is 1.09. The molecule has 0 bridgehead atoms. The lowest BCUT2D eigenvalue weighted by molar-refractivity contribution is -0.271. The quantitative estimate of drug-likeness (QED) is 0.593. The zero-order valence-corrected chi connectivity index (χ0v) is 11.4. The molecule has 1 heterocycles. The SMILES string of the molecule is CCc1ccc(O[C@@H]2O[C@H](C(=O)O)[C@@H](O)[C@H](O)[C@H]2O)cc1. The molecule has 1 aliphatic rings. The average Bonchev–Trinajstić information content (AvgIpc) is 2.48. The van der Waals surface area contributed by atoms with Gasteiger partial charge in [0.05, 0.1) is 0 Å². The third kappa shape index (κ3) is 3.33. The van der Waals surface area contributed by atoms with Crippen LogP contribution in [-0.4, -0.2) is 57.1 Å². The first-order valence-corrected chi connectivity index (χ1v) is 6.62. The number of carbonyl (C=O) groups is 1. The van der Waals surface area contributed by atoms with Gasteiger partial charge in [-0.2, -0.15) is 0 Å². The molecule has 116 valence electrons. The fourth-order valence-electron chi connectivity index (χ4n) is 2.09. The summed E-state index contributed by atoms with van der Waals surface area (Å²) in [4.78, 5) is 11.0. The first kappa shape index (κ1) is 15.7. The van der Waals surface area contributed by atoms with Crippen molar-refractivity contribution in [1.82, 2.24) is 0 Å². The minimum absolute atomic E-state index is 0.365. The maximum atomic E-state index is 11.0. The molecule has 1 aromatic rings. The van der Waals surface area contributed by atoms with Crippen molar-refractivity contribution in [1.29, 1.82) is 0 Å². The Balaban J connectivity index is 2.11. The van der Waals surface area contributed by atoms with E-state index in [0.29, 0.717) is 5.75 Å². The summed E-state index contributed by atoms with van der Waals surface area (Å²) >= 11 is 0. The molecule has 1 fully saturated rings. The molecule has 1 saturated heterocycles. The molecular formula is C14H18O7. The molecule has 5 atom stereocenters. The van der Waals surface area contributed by atoms with Crippen LogP contribution in [0.1, 0.15) is 12.5 Å². The summed E-state index contributed by atoms with van der Waals surface area (Å²) in [7, 11) is 0. The van der Waals surface area contributed by atoms with E-state index in [1.54, 1.807) is 12.1 Å². The molecule has 7 nitrogen and oxygen atoms in total. The molecule has 0 amide bonds. The third-order valence-electron chi connectivity index (χ3n) is 3.40. The Hall–Kier alpha value is -1.67. The van der Waals surface area contributed by atoms with Gasteiger partial charge < -0.3 is 29.9 Å². The highest BCUT2D eigenvalue weighted by atomic mass is 16.7. The number of carboxylic acids is 1. The fraction of sp³-hybridized carbons (Fsp3) is 0.500. The van der Waals surface area contributed by atoms with Gasteiger partial charge in [-0.15, -0.1) is 0 Å². The second-order valence-corrected chi connectivity index (χ2v) is 4.85. The van der Waals surface area contributed by atoms with E-state index in [9.17, 15) is 20.1 Å². The molecule has 0 unspecified atom stereocenters. The smallest absolute Gasteiger partial charge is 0.335 e. The highest BCUT2D eigenvalue weighted by Crippen LogP contribution is 2.24. The van der Waals surface area contributed by atoms with Crippen LogP contribution in [0.15, 0.2) is 24.3 Å². The monoisotopic (exact) mass is 298 g/mol. The van der Waals surface area contributed by atoms with Gasteiger partial charge in [0, 0.05) is 0 Å². The van der Waals surface area contributed by atoms with E-state index in [0.717, 1.165) is 12.0 Å². The largest absolute Gasteiger partial charge is 0.479 e. The number of hydrogen-bond donors (Lipinski definition) is 4. The summed E-state index contributed by atoms with van der Waals surface area (Å²) in [5, 5.41) is 38.0. The number of ether oxygens (including phenoxy) is 2. The van der Waals surface area contributed by atoms with E-state index < -0.39 is 36.7 Å². The summed E-state index contributed by atoms with van der Waals surface area (Å²) in [6.45, 7) is 2.00. The Morgan fingerprint density at radius 1 is 1.14 bits per heavy atom. The normalized spacial score (nSPS) is 32.7. The molecule has 0 spiro atoms. The molecule has 4 N–H and O–H groups in total. The molecule has 0 radical (unpaired) electrons. The number of aryl methyl sites for hydroxylation is 1. The van der Waals surface area contributed by atoms with Gasteiger partial charge in [-0.1, -0.05) is 19.1 Å². The fourth-order valence-corrected chi connectivity index (χ4v) is 2.09. The number of aliphatic carboxylic acids is 1. The van der Waals surface area contributed by atoms with Crippen molar-refractivity contribution in [3.63, 3.8) is 0 Å². The Labute approximate surface area is 121 Å². The van der Waals surface area contributed by atoms with Crippen LogP contribution in [0.4, 0.5) is 0 Å². The van der Waals surface area contributed by atoms with Gasteiger partial charge in [-0.25, -0.2) is 4.79 Å². The van der Waals surface area contributed by atoms with Crippen LogP contribution >= 0.6 is 0 Å². The molecule has 1 aliphatic heterocycles. The van der Waals surface area contributed by atoms with Crippen molar-refractivity contribution in [2.75, 3.05) is 0 Å².